The predicted octanol–water partition coefficient (Wildman–Crippen LogP) is 1.19. The molecule has 17 heavy (non-hydrogen) atoms. The van der Waals surface area contributed by atoms with Crippen molar-refractivity contribution in [2.45, 2.75) is 19.0 Å². The number of ketones is 1. The fourth-order valence-electron chi connectivity index (χ4n) is 2.00. The highest BCUT2D eigenvalue weighted by atomic mass is 16.1. The van der Waals surface area contributed by atoms with E-state index in [9.17, 15) is 4.79 Å². The Morgan fingerprint density at radius 3 is 2.94 bits per heavy atom. The summed E-state index contributed by atoms with van der Waals surface area (Å²) in [5.74, 6) is 0.960. The van der Waals surface area contributed by atoms with Crippen molar-refractivity contribution in [1.82, 2.24) is 9.80 Å². The standard InChI is InChI=1S/C13H17N3O/c1-10-13(11(17)7-9-15(2)3)16-8-5-4-6-12(16)14-10/h4-10,13H,1-3H3/b9-7+. The van der Waals surface area contributed by atoms with Gasteiger partial charge < -0.3 is 9.80 Å². The topological polar surface area (TPSA) is 35.9 Å². The Labute approximate surface area is 102 Å². The second-order valence-electron chi connectivity index (χ2n) is 4.46. The molecule has 2 heterocycles. The van der Waals surface area contributed by atoms with E-state index in [2.05, 4.69) is 4.99 Å². The third-order valence-electron chi connectivity index (χ3n) is 2.79. The Balaban J connectivity index is 2.15. The Kier molecular flexibility index (Phi) is 3.13. The summed E-state index contributed by atoms with van der Waals surface area (Å²) in [4.78, 5) is 20.4. The van der Waals surface area contributed by atoms with Gasteiger partial charge in [0.15, 0.2) is 5.78 Å². The van der Waals surface area contributed by atoms with Crippen molar-refractivity contribution in [1.29, 1.82) is 0 Å². The van der Waals surface area contributed by atoms with E-state index < -0.39 is 0 Å². The number of rotatable bonds is 3. The van der Waals surface area contributed by atoms with Gasteiger partial charge in [0.1, 0.15) is 11.9 Å². The number of fused-ring (bicyclic) bond motifs is 1. The first kappa shape index (κ1) is 11.6. The lowest BCUT2D eigenvalue weighted by Gasteiger charge is -2.24. The van der Waals surface area contributed by atoms with Crippen LogP contribution in [0, 0.1) is 0 Å². The summed E-state index contributed by atoms with van der Waals surface area (Å²) in [7, 11) is 3.79. The molecule has 4 heteroatoms. The van der Waals surface area contributed by atoms with E-state index in [0.717, 1.165) is 5.84 Å². The average Bonchev–Trinajstić information content (AvgIpc) is 2.61. The van der Waals surface area contributed by atoms with E-state index in [0.29, 0.717) is 0 Å². The first-order valence-electron chi connectivity index (χ1n) is 5.69. The molecule has 0 radical (unpaired) electrons. The predicted molar refractivity (Wildman–Crippen MR) is 68.6 cm³/mol. The van der Waals surface area contributed by atoms with Crippen LogP contribution in [-0.2, 0) is 4.79 Å². The molecule has 0 aromatic heterocycles. The minimum Gasteiger partial charge on any atom is -0.383 e. The fourth-order valence-corrected chi connectivity index (χ4v) is 2.00. The molecule has 2 aliphatic rings. The first-order valence-corrected chi connectivity index (χ1v) is 5.69. The third-order valence-corrected chi connectivity index (χ3v) is 2.79. The zero-order valence-corrected chi connectivity index (χ0v) is 10.4. The maximum absolute atomic E-state index is 12.1. The van der Waals surface area contributed by atoms with Crippen LogP contribution in [0.4, 0.5) is 0 Å². The van der Waals surface area contributed by atoms with E-state index in [4.69, 9.17) is 0 Å². The molecule has 0 aliphatic carbocycles. The van der Waals surface area contributed by atoms with E-state index in [1.54, 1.807) is 12.3 Å². The number of allylic oxidation sites excluding steroid dienone is 2. The van der Waals surface area contributed by atoms with Gasteiger partial charge in [-0.05, 0) is 25.2 Å². The minimum absolute atomic E-state index is 0.00304. The quantitative estimate of drug-likeness (QED) is 0.684. The van der Waals surface area contributed by atoms with Gasteiger partial charge in [-0.3, -0.25) is 9.79 Å². The Hall–Kier alpha value is -1.84. The molecule has 0 bridgehead atoms. The Bertz CT molecular complexity index is 432. The number of nitrogens with zero attached hydrogens (tertiary/aromatic N) is 3. The second kappa shape index (κ2) is 4.57. The van der Waals surface area contributed by atoms with Gasteiger partial charge in [-0.2, -0.15) is 0 Å². The smallest absolute Gasteiger partial charge is 0.182 e. The van der Waals surface area contributed by atoms with Crippen LogP contribution < -0.4 is 0 Å². The van der Waals surface area contributed by atoms with Gasteiger partial charge in [-0.1, -0.05) is 6.08 Å². The zero-order chi connectivity index (χ0) is 12.4. The SMILES string of the molecule is CC1N=C2C=CC=CN2C1C(=O)/C=C/N(C)C. The van der Waals surface area contributed by atoms with Crippen molar-refractivity contribution in [3.8, 4) is 0 Å². The summed E-state index contributed by atoms with van der Waals surface area (Å²) in [6, 6.07) is -0.209. The first-order chi connectivity index (χ1) is 8.09. The Morgan fingerprint density at radius 1 is 1.47 bits per heavy atom. The summed E-state index contributed by atoms with van der Waals surface area (Å²) < 4.78 is 0. The monoisotopic (exact) mass is 231 g/mol. The summed E-state index contributed by atoms with van der Waals surface area (Å²) in [5.41, 5.74) is 0. The van der Waals surface area contributed by atoms with Crippen molar-refractivity contribution >= 4 is 11.6 Å². The van der Waals surface area contributed by atoms with E-state index in [1.165, 1.54) is 0 Å². The molecule has 2 aliphatic heterocycles. The highest BCUT2D eigenvalue weighted by Crippen LogP contribution is 2.22. The lowest BCUT2D eigenvalue weighted by molar-refractivity contribution is -0.117. The highest BCUT2D eigenvalue weighted by molar-refractivity contribution is 6.04. The van der Waals surface area contributed by atoms with Gasteiger partial charge in [0, 0.05) is 26.5 Å². The van der Waals surface area contributed by atoms with Crippen LogP contribution in [0.25, 0.3) is 0 Å². The lowest BCUT2D eigenvalue weighted by Crippen LogP contribution is -2.41. The van der Waals surface area contributed by atoms with Gasteiger partial charge >= 0.3 is 0 Å². The van der Waals surface area contributed by atoms with Crippen molar-refractivity contribution in [2.24, 2.45) is 4.99 Å². The number of amidine groups is 1. The van der Waals surface area contributed by atoms with Gasteiger partial charge in [0.2, 0.25) is 0 Å². The normalized spacial score (nSPS) is 26.3. The molecule has 0 saturated carbocycles. The average molecular weight is 231 g/mol. The van der Waals surface area contributed by atoms with Gasteiger partial charge in [0.05, 0.1) is 6.04 Å². The molecule has 0 spiro atoms. The summed E-state index contributed by atoms with van der Waals surface area (Å²) in [5, 5.41) is 0. The number of carbonyl (C=O) groups excluding carboxylic acids is 1. The maximum Gasteiger partial charge on any atom is 0.182 e. The molecule has 2 rings (SSSR count). The molecule has 0 aromatic rings. The van der Waals surface area contributed by atoms with E-state index in [-0.39, 0.29) is 17.9 Å². The Morgan fingerprint density at radius 2 is 2.24 bits per heavy atom. The number of aliphatic imine (C=N–C) groups is 1. The van der Waals surface area contributed by atoms with Crippen molar-refractivity contribution in [3.63, 3.8) is 0 Å². The summed E-state index contributed by atoms with van der Waals surface area (Å²) in [6.07, 6.45) is 11.1. The fraction of sp³-hybridized carbons (Fsp3) is 0.385. The van der Waals surface area contributed by atoms with Crippen molar-refractivity contribution in [3.05, 3.63) is 36.7 Å². The lowest BCUT2D eigenvalue weighted by atomic mass is 10.1. The molecule has 0 N–H and O–H groups in total. The van der Waals surface area contributed by atoms with E-state index >= 15 is 0 Å². The molecule has 0 saturated heterocycles. The molecule has 2 atom stereocenters. The van der Waals surface area contributed by atoms with Crippen LogP contribution in [0.5, 0.6) is 0 Å². The summed E-state index contributed by atoms with van der Waals surface area (Å²) in [6.45, 7) is 1.97. The molecule has 90 valence electrons. The van der Waals surface area contributed by atoms with E-state index in [1.807, 2.05) is 55.2 Å². The molecular weight excluding hydrogens is 214 g/mol. The summed E-state index contributed by atoms with van der Waals surface area (Å²) >= 11 is 0. The molecule has 4 nitrogen and oxygen atoms in total. The number of carbonyl (C=O) groups is 1. The number of hydrogen-bond acceptors (Lipinski definition) is 4. The highest BCUT2D eigenvalue weighted by Gasteiger charge is 2.35. The molecule has 0 aromatic carbocycles. The zero-order valence-electron chi connectivity index (χ0n) is 10.4. The molecule has 2 unspecified atom stereocenters. The maximum atomic E-state index is 12.1. The van der Waals surface area contributed by atoms with Crippen LogP contribution in [0.2, 0.25) is 0 Å². The van der Waals surface area contributed by atoms with Gasteiger partial charge in [0.25, 0.3) is 0 Å². The van der Waals surface area contributed by atoms with Crippen LogP contribution in [0.3, 0.4) is 0 Å². The third kappa shape index (κ3) is 2.30. The van der Waals surface area contributed by atoms with Crippen LogP contribution in [0.1, 0.15) is 6.92 Å². The van der Waals surface area contributed by atoms with Gasteiger partial charge in [-0.15, -0.1) is 0 Å². The second-order valence-corrected chi connectivity index (χ2v) is 4.46. The van der Waals surface area contributed by atoms with Crippen molar-refractivity contribution in [2.75, 3.05) is 14.1 Å². The van der Waals surface area contributed by atoms with Crippen LogP contribution in [0.15, 0.2) is 41.7 Å². The van der Waals surface area contributed by atoms with Gasteiger partial charge in [-0.25, -0.2) is 0 Å². The largest absolute Gasteiger partial charge is 0.383 e. The minimum atomic E-state index is -0.206. The van der Waals surface area contributed by atoms with Crippen LogP contribution >= 0.6 is 0 Å². The van der Waals surface area contributed by atoms with Crippen LogP contribution in [-0.4, -0.2) is 47.6 Å². The molecule has 0 fully saturated rings. The molecular formula is C13H17N3O. The number of hydrogen-bond donors (Lipinski definition) is 0. The molecule has 0 amide bonds. The van der Waals surface area contributed by atoms with Crippen molar-refractivity contribution < 1.29 is 4.79 Å².